The van der Waals surface area contributed by atoms with Gasteiger partial charge in [0.15, 0.2) is 4.96 Å². The molecule has 0 radical (unpaired) electrons. The van der Waals surface area contributed by atoms with Crippen LogP contribution in [0.2, 0.25) is 10.0 Å². The van der Waals surface area contributed by atoms with Crippen molar-refractivity contribution in [3.8, 4) is 0 Å². The second-order valence-corrected chi connectivity index (χ2v) is 6.53. The molecule has 21 heavy (non-hydrogen) atoms. The first-order chi connectivity index (χ1) is 10.2. The van der Waals surface area contributed by atoms with Gasteiger partial charge in [0.25, 0.3) is 0 Å². The molecule has 110 valence electrons. The summed E-state index contributed by atoms with van der Waals surface area (Å²) in [6.07, 6.45) is 5.55. The van der Waals surface area contributed by atoms with E-state index >= 15 is 0 Å². The summed E-state index contributed by atoms with van der Waals surface area (Å²) in [5.74, 6) is 5.66. The van der Waals surface area contributed by atoms with Crippen LogP contribution < -0.4 is 11.3 Å². The Bertz CT molecular complexity index is 724. The molecule has 1 aromatic carbocycles. The van der Waals surface area contributed by atoms with Crippen molar-refractivity contribution in [3.63, 3.8) is 0 Å². The molecule has 4 nitrogen and oxygen atoms in total. The first-order valence-corrected chi connectivity index (χ1v) is 8.10. The van der Waals surface area contributed by atoms with E-state index in [0.717, 1.165) is 29.1 Å². The van der Waals surface area contributed by atoms with Crippen LogP contribution in [0.25, 0.3) is 4.96 Å². The molecule has 0 saturated carbocycles. The van der Waals surface area contributed by atoms with Crippen LogP contribution in [-0.4, -0.2) is 15.4 Å². The van der Waals surface area contributed by atoms with Crippen molar-refractivity contribution in [2.75, 3.05) is 0 Å². The van der Waals surface area contributed by atoms with Crippen LogP contribution in [0.5, 0.6) is 0 Å². The highest BCUT2D eigenvalue weighted by Gasteiger charge is 2.13. The number of fused-ring (bicyclic) bond motifs is 1. The molecule has 3 rings (SSSR count). The fourth-order valence-corrected chi connectivity index (χ4v) is 3.31. The Hall–Kier alpha value is -1.11. The molecule has 1 atom stereocenters. The topological polar surface area (TPSA) is 55.3 Å². The molecular formula is C14H14Cl2N4S. The molecule has 7 heteroatoms. The maximum absolute atomic E-state index is 6.04. The molecule has 3 aromatic rings. The highest BCUT2D eigenvalue weighted by molar-refractivity contribution is 7.15. The molecule has 0 aliphatic carbocycles. The van der Waals surface area contributed by atoms with Crippen LogP contribution in [0.4, 0.5) is 0 Å². The number of nitrogens with two attached hydrogens (primary N) is 1. The zero-order valence-corrected chi connectivity index (χ0v) is 13.4. The van der Waals surface area contributed by atoms with Crippen molar-refractivity contribution in [3.05, 3.63) is 57.3 Å². The summed E-state index contributed by atoms with van der Waals surface area (Å²) < 4.78 is 2.02. The Morgan fingerprint density at radius 1 is 1.29 bits per heavy atom. The van der Waals surface area contributed by atoms with Gasteiger partial charge in [-0.05, 0) is 24.1 Å². The van der Waals surface area contributed by atoms with Crippen LogP contribution in [0.3, 0.4) is 0 Å². The lowest BCUT2D eigenvalue weighted by Crippen LogP contribution is -2.38. The lowest BCUT2D eigenvalue weighted by atomic mass is 10.0. The van der Waals surface area contributed by atoms with E-state index in [0.29, 0.717) is 10.0 Å². The number of aromatic nitrogens is 2. The van der Waals surface area contributed by atoms with Crippen LogP contribution >= 0.6 is 34.5 Å². The second kappa shape index (κ2) is 6.34. The van der Waals surface area contributed by atoms with Gasteiger partial charge in [-0.3, -0.25) is 15.7 Å². The summed E-state index contributed by atoms with van der Waals surface area (Å²) in [5, 5.41) is 3.14. The molecule has 1 unspecified atom stereocenters. The number of nitrogens with zero attached hydrogens (tertiary/aromatic N) is 2. The molecule has 0 saturated heterocycles. The third-order valence-electron chi connectivity index (χ3n) is 3.30. The van der Waals surface area contributed by atoms with Gasteiger partial charge in [-0.15, -0.1) is 11.3 Å². The molecule has 3 N–H and O–H groups in total. The third kappa shape index (κ3) is 3.39. The van der Waals surface area contributed by atoms with Crippen molar-refractivity contribution in [1.82, 2.24) is 14.8 Å². The normalized spacial score (nSPS) is 12.9. The van der Waals surface area contributed by atoms with Gasteiger partial charge >= 0.3 is 0 Å². The van der Waals surface area contributed by atoms with Gasteiger partial charge in [0.2, 0.25) is 0 Å². The van der Waals surface area contributed by atoms with Crippen molar-refractivity contribution < 1.29 is 0 Å². The van der Waals surface area contributed by atoms with Crippen LogP contribution in [0.1, 0.15) is 11.3 Å². The fourth-order valence-electron chi connectivity index (χ4n) is 2.27. The maximum atomic E-state index is 6.04. The smallest absolute Gasteiger partial charge is 0.193 e. The predicted octanol–water partition coefficient (Wildman–Crippen LogP) is 3.32. The average molecular weight is 341 g/mol. The van der Waals surface area contributed by atoms with Crippen LogP contribution in [-0.2, 0) is 12.8 Å². The Kier molecular flexibility index (Phi) is 4.47. The quantitative estimate of drug-likeness (QED) is 0.553. The molecule has 0 amide bonds. The third-order valence-corrected chi connectivity index (χ3v) is 4.81. The van der Waals surface area contributed by atoms with Gasteiger partial charge < -0.3 is 0 Å². The second-order valence-electron chi connectivity index (χ2n) is 4.85. The number of hydrogen-bond donors (Lipinski definition) is 2. The molecule has 0 fully saturated rings. The zero-order chi connectivity index (χ0) is 14.8. The standard InChI is InChI=1S/C14H14Cl2N4S/c15-12-2-1-9(6-13(12)16)5-10(19-17)7-11-8-20-3-4-21-14(20)18-11/h1-4,6,8,10,19H,5,7,17H2. The summed E-state index contributed by atoms with van der Waals surface area (Å²) in [7, 11) is 0. The predicted molar refractivity (Wildman–Crippen MR) is 88.1 cm³/mol. The number of hydrazine groups is 1. The molecular weight excluding hydrogens is 327 g/mol. The Labute approximate surface area is 136 Å². The number of hydrogen-bond acceptors (Lipinski definition) is 4. The van der Waals surface area contributed by atoms with Gasteiger partial charge in [0, 0.05) is 30.2 Å². The number of nitrogens with one attached hydrogen (secondary N) is 1. The highest BCUT2D eigenvalue weighted by Crippen LogP contribution is 2.23. The van der Waals surface area contributed by atoms with Crippen molar-refractivity contribution in [2.24, 2.45) is 5.84 Å². The maximum Gasteiger partial charge on any atom is 0.193 e. The monoisotopic (exact) mass is 340 g/mol. The van der Waals surface area contributed by atoms with E-state index in [2.05, 4.69) is 10.4 Å². The lowest BCUT2D eigenvalue weighted by Gasteiger charge is -2.15. The van der Waals surface area contributed by atoms with E-state index in [1.165, 1.54) is 0 Å². The average Bonchev–Trinajstić information content (AvgIpc) is 3.03. The van der Waals surface area contributed by atoms with E-state index < -0.39 is 0 Å². The van der Waals surface area contributed by atoms with E-state index in [4.69, 9.17) is 29.0 Å². The Balaban J connectivity index is 1.72. The minimum Gasteiger partial charge on any atom is -0.297 e. The first-order valence-electron chi connectivity index (χ1n) is 6.47. The minimum absolute atomic E-state index is 0.0897. The highest BCUT2D eigenvalue weighted by atomic mass is 35.5. The van der Waals surface area contributed by atoms with Gasteiger partial charge in [-0.25, -0.2) is 4.98 Å². The zero-order valence-electron chi connectivity index (χ0n) is 11.1. The van der Waals surface area contributed by atoms with E-state index in [1.54, 1.807) is 17.4 Å². The molecule has 2 heterocycles. The van der Waals surface area contributed by atoms with Gasteiger partial charge in [-0.1, -0.05) is 29.3 Å². The number of thiazole rings is 1. The van der Waals surface area contributed by atoms with Gasteiger partial charge in [0.1, 0.15) is 0 Å². The SMILES string of the molecule is NNC(Cc1ccc(Cl)c(Cl)c1)Cc1cn2ccsc2n1. The number of rotatable bonds is 5. The Morgan fingerprint density at radius 3 is 2.86 bits per heavy atom. The molecule has 0 aliphatic rings. The summed E-state index contributed by atoms with van der Waals surface area (Å²) in [5.41, 5.74) is 4.96. The fraction of sp³-hybridized carbons (Fsp3) is 0.214. The number of benzene rings is 1. The van der Waals surface area contributed by atoms with Crippen molar-refractivity contribution in [2.45, 2.75) is 18.9 Å². The number of imidazole rings is 1. The van der Waals surface area contributed by atoms with Crippen LogP contribution in [0.15, 0.2) is 36.0 Å². The van der Waals surface area contributed by atoms with E-state index in [1.807, 2.05) is 34.3 Å². The van der Waals surface area contributed by atoms with Crippen molar-refractivity contribution in [1.29, 1.82) is 0 Å². The van der Waals surface area contributed by atoms with E-state index in [-0.39, 0.29) is 6.04 Å². The minimum atomic E-state index is 0.0897. The van der Waals surface area contributed by atoms with Crippen molar-refractivity contribution >= 4 is 39.5 Å². The van der Waals surface area contributed by atoms with Crippen LogP contribution in [0, 0.1) is 0 Å². The summed E-state index contributed by atoms with van der Waals surface area (Å²) >= 11 is 13.6. The van der Waals surface area contributed by atoms with Gasteiger partial charge in [-0.2, -0.15) is 0 Å². The molecule has 0 spiro atoms. The van der Waals surface area contributed by atoms with E-state index in [9.17, 15) is 0 Å². The number of halogens is 2. The Morgan fingerprint density at radius 2 is 2.14 bits per heavy atom. The lowest BCUT2D eigenvalue weighted by molar-refractivity contribution is 0.518. The molecule has 0 aliphatic heterocycles. The summed E-state index contributed by atoms with van der Waals surface area (Å²) in [6, 6.07) is 5.73. The first kappa shape index (κ1) is 14.8. The van der Waals surface area contributed by atoms with Gasteiger partial charge in [0.05, 0.1) is 15.7 Å². The summed E-state index contributed by atoms with van der Waals surface area (Å²) in [4.78, 5) is 5.57. The summed E-state index contributed by atoms with van der Waals surface area (Å²) in [6.45, 7) is 0. The molecule has 0 bridgehead atoms. The molecule has 2 aromatic heterocycles. The largest absolute Gasteiger partial charge is 0.297 e.